The predicted molar refractivity (Wildman–Crippen MR) is 61.5 cm³/mol. The highest BCUT2D eigenvalue weighted by molar-refractivity contribution is 5.93. The number of hydrogen-bond donors (Lipinski definition) is 1. The minimum absolute atomic E-state index is 0.133. The summed E-state index contributed by atoms with van der Waals surface area (Å²) in [5.74, 6) is -0.320. The van der Waals surface area contributed by atoms with E-state index >= 15 is 0 Å². The summed E-state index contributed by atoms with van der Waals surface area (Å²) in [6, 6.07) is 1.62. The Hall–Kier alpha value is -1.78. The zero-order valence-corrected chi connectivity index (χ0v) is 9.90. The standard InChI is InChI=1S/C12H17NO4/c1-16-11(14)5-3-2-4-7-13-12(15)10-6-8-17-9-10/h6,8-9H,2-5,7H2,1H3,(H,13,15). The monoisotopic (exact) mass is 239 g/mol. The molecule has 0 spiro atoms. The highest BCUT2D eigenvalue weighted by Crippen LogP contribution is 2.02. The van der Waals surface area contributed by atoms with E-state index < -0.39 is 0 Å². The number of rotatable bonds is 7. The van der Waals surface area contributed by atoms with Crippen LogP contribution in [-0.2, 0) is 9.53 Å². The van der Waals surface area contributed by atoms with Gasteiger partial charge >= 0.3 is 5.97 Å². The fourth-order valence-electron chi connectivity index (χ4n) is 1.37. The molecule has 0 unspecified atom stereocenters. The van der Waals surface area contributed by atoms with Gasteiger partial charge in [0.05, 0.1) is 18.9 Å². The molecule has 1 aromatic heterocycles. The molecule has 1 heterocycles. The number of furan rings is 1. The molecule has 5 nitrogen and oxygen atoms in total. The molecule has 1 rings (SSSR count). The Morgan fingerprint density at radius 1 is 1.35 bits per heavy atom. The fourth-order valence-corrected chi connectivity index (χ4v) is 1.37. The van der Waals surface area contributed by atoms with E-state index in [1.165, 1.54) is 19.6 Å². The summed E-state index contributed by atoms with van der Waals surface area (Å²) in [5.41, 5.74) is 0.527. The van der Waals surface area contributed by atoms with Crippen molar-refractivity contribution in [3.05, 3.63) is 24.2 Å². The average Bonchev–Trinajstić information content (AvgIpc) is 2.86. The van der Waals surface area contributed by atoms with Crippen LogP contribution in [0.3, 0.4) is 0 Å². The summed E-state index contributed by atoms with van der Waals surface area (Å²) < 4.78 is 9.33. The number of nitrogens with one attached hydrogen (secondary N) is 1. The summed E-state index contributed by atoms with van der Waals surface area (Å²) in [6.07, 6.45) is 5.83. The minimum atomic E-state index is -0.188. The topological polar surface area (TPSA) is 68.5 Å². The van der Waals surface area contributed by atoms with Crippen LogP contribution in [0.1, 0.15) is 36.0 Å². The molecule has 0 aliphatic carbocycles. The maximum Gasteiger partial charge on any atom is 0.305 e. The molecule has 94 valence electrons. The molecule has 0 aliphatic heterocycles. The van der Waals surface area contributed by atoms with Gasteiger partial charge in [-0.05, 0) is 18.9 Å². The van der Waals surface area contributed by atoms with Gasteiger partial charge in [0.15, 0.2) is 0 Å². The van der Waals surface area contributed by atoms with Crippen LogP contribution in [0.2, 0.25) is 0 Å². The van der Waals surface area contributed by atoms with E-state index in [0.29, 0.717) is 18.5 Å². The van der Waals surface area contributed by atoms with Crippen LogP contribution in [0.15, 0.2) is 23.0 Å². The number of ether oxygens (including phenoxy) is 1. The number of hydrogen-bond acceptors (Lipinski definition) is 4. The van der Waals surface area contributed by atoms with Crippen LogP contribution in [0.5, 0.6) is 0 Å². The van der Waals surface area contributed by atoms with Crippen LogP contribution in [-0.4, -0.2) is 25.5 Å². The second-order valence-corrected chi connectivity index (χ2v) is 3.65. The molecule has 0 aromatic carbocycles. The Balaban J connectivity index is 2.01. The number of unbranched alkanes of at least 4 members (excludes halogenated alkanes) is 2. The SMILES string of the molecule is COC(=O)CCCCCNC(=O)c1ccoc1. The molecule has 0 radical (unpaired) electrons. The van der Waals surface area contributed by atoms with Crippen LogP contribution in [0.25, 0.3) is 0 Å². The first-order valence-corrected chi connectivity index (χ1v) is 5.61. The van der Waals surface area contributed by atoms with Crippen molar-refractivity contribution < 1.29 is 18.7 Å². The van der Waals surface area contributed by atoms with E-state index in [9.17, 15) is 9.59 Å². The van der Waals surface area contributed by atoms with Crippen molar-refractivity contribution in [3.8, 4) is 0 Å². The van der Waals surface area contributed by atoms with E-state index in [1.54, 1.807) is 6.07 Å². The lowest BCUT2D eigenvalue weighted by molar-refractivity contribution is -0.140. The second kappa shape index (κ2) is 7.49. The van der Waals surface area contributed by atoms with Gasteiger partial charge in [0.1, 0.15) is 6.26 Å². The molecular formula is C12H17NO4. The van der Waals surface area contributed by atoms with E-state index in [2.05, 4.69) is 10.1 Å². The number of carbonyl (C=O) groups excluding carboxylic acids is 2. The number of esters is 1. The van der Waals surface area contributed by atoms with Gasteiger partial charge in [-0.2, -0.15) is 0 Å². The van der Waals surface area contributed by atoms with Crippen LogP contribution >= 0.6 is 0 Å². The predicted octanol–water partition coefficient (Wildman–Crippen LogP) is 1.74. The van der Waals surface area contributed by atoms with E-state index in [1.807, 2.05) is 0 Å². The van der Waals surface area contributed by atoms with Crippen molar-refractivity contribution in [2.24, 2.45) is 0 Å². The normalized spacial score (nSPS) is 9.94. The Bertz CT molecular complexity index is 345. The third-order valence-electron chi connectivity index (χ3n) is 2.35. The lowest BCUT2D eigenvalue weighted by Crippen LogP contribution is -2.23. The Kier molecular flexibility index (Phi) is 5.85. The minimum Gasteiger partial charge on any atom is -0.472 e. The summed E-state index contributed by atoms with van der Waals surface area (Å²) >= 11 is 0. The van der Waals surface area contributed by atoms with Gasteiger partial charge in [-0.1, -0.05) is 6.42 Å². The van der Waals surface area contributed by atoms with Crippen molar-refractivity contribution in [2.75, 3.05) is 13.7 Å². The van der Waals surface area contributed by atoms with Crippen molar-refractivity contribution in [1.29, 1.82) is 0 Å². The smallest absolute Gasteiger partial charge is 0.305 e. The molecule has 0 bridgehead atoms. The molecule has 1 N–H and O–H groups in total. The number of carbonyl (C=O) groups is 2. The summed E-state index contributed by atoms with van der Waals surface area (Å²) in [5, 5.41) is 2.77. The number of methoxy groups -OCH3 is 1. The number of amides is 1. The van der Waals surface area contributed by atoms with E-state index in [-0.39, 0.29) is 11.9 Å². The Morgan fingerprint density at radius 2 is 2.18 bits per heavy atom. The highest BCUT2D eigenvalue weighted by Gasteiger charge is 2.05. The zero-order valence-electron chi connectivity index (χ0n) is 9.90. The molecular weight excluding hydrogens is 222 g/mol. The Morgan fingerprint density at radius 3 is 2.82 bits per heavy atom. The zero-order chi connectivity index (χ0) is 12.5. The molecule has 5 heteroatoms. The van der Waals surface area contributed by atoms with E-state index in [0.717, 1.165) is 19.3 Å². The van der Waals surface area contributed by atoms with Gasteiger partial charge in [0, 0.05) is 13.0 Å². The second-order valence-electron chi connectivity index (χ2n) is 3.65. The van der Waals surface area contributed by atoms with Gasteiger partial charge in [-0.15, -0.1) is 0 Å². The lowest BCUT2D eigenvalue weighted by atomic mass is 10.2. The molecule has 17 heavy (non-hydrogen) atoms. The first kappa shape index (κ1) is 13.3. The third kappa shape index (κ3) is 5.19. The quantitative estimate of drug-likeness (QED) is 0.581. The molecule has 0 fully saturated rings. The first-order valence-electron chi connectivity index (χ1n) is 5.61. The van der Waals surface area contributed by atoms with Gasteiger partial charge < -0.3 is 14.5 Å². The Labute approximate surface area is 100 Å². The van der Waals surface area contributed by atoms with Gasteiger partial charge in [-0.3, -0.25) is 9.59 Å². The summed E-state index contributed by atoms with van der Waals surface area (Å²) in [4.78, 5) is 22.3. The molecule has 0 saturated carbocycles. The van der Waals surface area contributed by atoms with Crippen molar-refractivity contribution in [2.45, 2.75) is 25.7 Å². The van der Waals surface area contributed by atoms with Crippen molar-refractivity contribution in [1.82, 2.24) is 5.32 Å². The van der Waals surface area contributed by atoms with Gasteiger partial charge in [0.2, 0.25) is 0 Å². The van der Waals surface area contributed by atoms with E-state index in [4.69, 9.17) is 4.42 Å². The van der Waals surface area contributed by atoms with Crippen LogP contribution in [0.4, 0.5) is 0 Å². The van der Waals surface area contributed by atoms with Crippen LogP contribution in [0, 0.1) is 0 Å². The highest BCUT2D eigenvalue weighted by atomic mass is 16.5. The van der Waals surface area contributed by atoms with Crippen molar-refractivity contribution in [3.63, 3.8) is 0 Å². The maximum atomic E-state index is 11.4. The molecule has 1 aromatic rings. The molecule has 0 aliphatic rings. The summed E-state index contributed by atoms with van der Waals surface area (Å²) in [7, 11) is 1.38. The molecule has 1 amide bonds. The largest absolute Gasteiger partial charge is 0.472 e. The maximum absolute atomic E-state index is 11.4. The van der Waals surface area contributed by atoms with Gasteiger partial charge in [0.25, 0.3) is 5.91 Å². The lowest BCUT2D eigenvalue weighted by Gasteiger charge is -2.03. The molecule has 0 atom stereocenters. The summed E-state index contributed by atoms with van der Waals surface area (Å²) in [6.45, 7) is 0.602. The first-order chi connectivity index (χ1) is 8.24. The van der Waals surface area contributed by atoms with Crippen molar-refractivity contribution >= 4 is 11.9 Å². The van der Waals surface area contributed by atoms with Crippen LogP contribution < -0.4 is 5.32 Å². The molecule has 0 saturated heterocycles. The fraction of sp³-hybridized carbons (Fsp3) is 0.500. The van der Waals surface area contributed by atoms with Gasteiger partial charge in [-0.25, -0.2) is 0 Å². The average molecular weight is 239 g/mol. The third-order valence-corrected chi connectivity index (χ3v) is 2.35.